The predicted molar refractivity (Wildman–Crippen MR) is 85.3 cm³/mol. The van der Waals surface area contributed by atoms with Crippen LogP contribution in [0.4, 0.5) is 0 Å². The van der Waals surface area contributed by atoms with Gasteiger partial charge in [0.1, 0.15) is 5.82 Å². The number of nitrogens with zero attached hydrogens (tertiary/aromatic N) is 4. The van der Waals surface area contributed by atoms with Gasteiger partial charge in [-0.3, -0.25) is 4.90 Å². The summed E-state index contributed by atoms with van der Waals surface area (Å²) in [6.45, 7) is 5.30. The molecule has 0 amide bonds. The van der Waals surface area contributed by atoms with Gasteiger partial charge in [0.05, 0.1) is 22.3 Å². The van der Waals surface area contributed by atoms with Crippen molar-refractivity contribution < 1.29 is 0 Å². The van der Waals surface area contributed by atoms with Crippen LogP contribution in [0.25, 0.3) is 10.2 Å². The second-order valence-corrected chi connectivity index (χ2v) is 6.40. The molecule has 0 saturated carbocycles. The fourth-order valence-electron chi connectivity index (χ4n) is 3.25. The van der Waals surface area contributed by atoms with Crippen molar-refractivity contribution in [3.05, 3.63) is 47.5 Å². The molecule has 1 aliphatic heterocycles. The Morgan fingerprint density at radius 1 is 1.29 bits per heavy atom. The Morgan fingerprint density at radius 3 is 3.14 bits per heavy atom. The highest BCUT2D eigenvalue weighted by atomic mass is 32.1. The Bertz CT molecular complexity index is 760. The number of hydrogen-bond acceptors (Lipinski definition) is 4. The van der Waals surface area contributed by atoms with Gasteiger partial charge in [-0.2, -0.15) is 0 Å². The van der Waals surface area contributed by atoms with Crippen LogP contribution >= 0.6 is 11.3 Å². The van der Waals surface area contributed by atoms with Crippen LogP contribution in [0.3, 0.4) is 0 Å². The maximum absolute atomic E-state index is 4.47. The average Bonchev–Trinajstić information content (AvgIpc) is 3.15. The first-order valence-corrected chi connectivity index (χ1v) is 8.30. The summed E-state index contributed by atoms with van der Waals surface area (Å²) < 4.78 is 3.52. The van der Waals surface area contributed by atoms with E-state index >= 15 is 0 Å². The van der Waals surface area contributed by atoms with Gasteiger partial charge < -0.3 is 4.57 Å². The third kappa shape index (κ3) is 2.26. The van der Waals surface area contributed by atoms with Crippen LogP contribution in [0.5, 0.6) is 0 Å². The molecule has 1 aliphatic rings. The second kappa shape index (κ2) is 5.24. The van der Waals surface area contributed by atoms with Crippen molar-refractivity contribution in [2.45, 2.75) is 32.5 Å². The van der Waals surface area contributed by atoms with Gasteiger partial charge in [0.15, 0.2) is 0 Å². The van der Waals surface area contributed by atoms with E-state index in [2.05, 4.69) is 50.8 Å². The minimum absolute atomic E-state index is 0.446. The van der Waals surface area contributed by atoms with Gasteiger partial charge in [-0.1, -0.05) is 13.0 Å². The number of fused-ring (bicyclic) bond motifs is 2. The first-order valence-electron chi connectivity index (χ1n) is 7.42. The Balaban J connectivity index is 1.65. The lowest BCUT2D eigenvalue weighted by Crippen LogP contribution is -2.36. The molecule has 4 nitrogen and oxygen atoms in total. The van der Waals surface area contributed by atoms with Crippen molar-refractivity contribution in [3.8, 4) is 0 Å². The van der Waals surface area contributed by atoms with E-state index in [1.165, 1.54) is 16.1 Å². The molecule has 0 fully saturated rings. The van der Waals surface area contributed by atoms with Gasteiger partial charge >= 0.3 is 0 Å². The fraction of sp³-hybridized carbons (Fsp3) is 0.375. The highest BCUT2D eigenvalue weighted by Crippen LogP contribution is 2.30. The summed E-state index contributed by atoms with van der Waals surface area (Å²) in [5.74, 6) is 1.18. The van der Waals surface area contributed by atoms with E-state index in [4.69, 9.17) is 0 Å². The van der Waals surface area contributed by atoms with Gasteiger partial charge in [-0.25, -0.2) is 9.97 Å². The normalized spacial score (nSPS) is 17.0. The minimum atomic E-state index is 0.446. The monoisotopic (exact) mass is 298 g/mol. The van der Waals surface area contributed by atoms with Gasteiger partial charge in [0.25, 0.3) is 0 Å². The van der Waals surface area contributed by atoms with Crippen LogP contribution in [0.2, 0.25) is 0 Å². The molecular weight excluding hydrogens is 280 g/mol. The van der Waals surface area contributed by atoms with Crippen molar-refractivity contribution >= 4 is 21.6 Å². The van der Waals surface area contributed by atoms with Crippen LogP contribution in [0, 0.1) is 0 Å². The number of aromatic nitrogens is 3. The van der Waals surface area contributed by atoms with Gasteiger partial charge in [-0.05, 0) is 24.1 Å². The average molecular weight is 298 g/mol. The van der Waals surface area contributed by atoms with E-state index in [0.29, 0.717) is 6.04 Å². The quantitative estimate of drug-likeness (QED) is 0.742. The summed E-state index contributed by atoms with van der Waals surface area (Å²) in [6, 6.07) is 7.16. The third-order valence-electron chi connectivity index (χ3n) is 4.34. The van der Waals surface area contributed by atoms with E-state index in [0.717, 1.165) is 31.6 Å². The molecule has 0 radical (unpaired) electrons. The zero-order chi connectivity index (χ0) is 14.2. The summed E-state index contributed by atoms with van der Waals surface area (Å²) in [5.41, 5.74) is 4.41. The molecule has 4 rings (SSSR count). The van der Waals surface area contributed by atoms with Crippen LogP contribution in [-0.2, 0) is 13.1 Å². The highest BCUT2D eigenvalue weighted by Gasteiger charge is 2.24. The molecule has 0 saturated heterocycles. The van der Waals surface area contributed by atoms with E-state index in [9.17, 15) is 0 Å². The zero-order valence-corrected chi connectivity index (χ0v) is 12.9. The van der Waals surface area contributed by atoms with Crippen LogP contribution < -0.4 is 0 Å². The van der Waals surface area contributed by atoms with Crippen molar-refractivity contribution in [2.24, 2.45) is 0 Å². The minimum Gasteiger partial charge on any atom is -0.333 e. The molecule has 1 aromatic carbocycles. The molecule has 0 aliphatic carbocycles. The molecule has 0 N–H and O–H groups in total. The number of hydrogen-bond donors (Lipinski definition) is 0. The maximum Gasteiger partial charge on any atom is 0.122 e. The molecule has 0 spiro atoms. The van der Waals surface area contributed by atoms with E-state index < -0.39 is 0 Å². The molecule has 2 aromatic heterocycles. The number of imidazole rings is 1. The van der Waals surface area contributed by atoms with Gasteiger partial charge in [-0.15, -0.1) is 11.3 Å². The molecule has 21 heavy (non-hydrogen) atoms. The Hall–Kier alpha value is -1.72. The summed E-state index contributed by atoms with van der Waals surface area (Å²) in [5, 5.41) is 0. The van der Waals surface area contributed by atoms with Crippen LogP contribution in [0.15, 0.2) is 36.1 Å². The number of thiazole rings is 1. The maximum atomic E-state index is 4.47. The summed E-state index contributed by atoms with van der Waals surface area (Å²) in [6.07, 6.45) is 5.09. The van der Waals surface area contributed by atoms with E-state index in [1.54, 1.807) is 11.3 Å². The molecule has 108 valence electrons. The van der Waals surface area contributed by atoms with Gasteiger partial charge in [0.2, 0.25) is 0 Å². The third-order valence-corrected chi connectivity index (χ3v) is 5.15. The number of rotatable bonds is 3. The largest absolute Gasteiger partial charge is 0.333 e. The zero-order valence-electron chi connectivity index (χ0n) is 12.1. The van der Waals surface area contributed by atoms with Crippen molar-refractivity contribution in [1.29, 1.82) is 0 Å². The molecular formula is C16H18N4S. The molecule has 0 bridgehead atoms. The first-order chi connectivity index (χ1) is 10.3. The highest BCUT2D eigenvalue weighted by molar-refractivity contribution is 7.16. The SMILES string of the molecule is CCC(c1ccc2scnc2c1)N1CCn2ccnc2C1. The standard InChI is InChI=1S/C16H18N4S/c1-2-14(12-3-4-15-13(9-12)18-11-21-15)20-8-7-19-6-5-17-16(19)10-20/h3-6,9,11,14H,2,7-8,10H2,1H3. The summed E-state index contributed by atoms with van der Waals surface area (Å²) in [4.78, 5) is 11.5. The Morgan fingerprint density at radius 2 is 2.24 bits per heavy atom. The Labute approximate surface area is 128 Å². The van der Waals surface area contributed by atoms with E-state index in [-0.39, 0.29) is 0 Å². The van der Waals surface area contributed by atoms with E-state index in [1.807, 2.05) is 11.7 Å². The van der Waals surface area contributed by atoms with Crippen molar-refractivity contribution in [1.82, 2.24) is 19.4 Å². The predicted octanol–water partition coefficient (Wildman–Crippen LogP) is 3.46. The van der Waals surface area contributed by atoms with Crippen molar-refractivity contribution in [3.63, 3.8) is 0 Å². The Kier molecular flexibility index (Phi) is 3.24. The number of benzene rings is 1. The molecule has 5 heteroatoms. The first kappa shape index (κ1) is 13.0. The smallest absolute Gasteiger partial charge is 0.122 e. The van der Waals surface area contributed by atoms with Crippen LogP contribution in [0.1, 0.15) is 30.8 Å². The molecule has 3 aromatic rings. The second-order valence-electron chi connectivity index (χ2n) is 5.51. The summed E-state index contributed by atoms with van der Waals surface area (Å²) >= 11 is 1.70. The molecule has 1 atom stereocenters. The topological polar surface area (TPSA) is 34.0 Å². The fourth-order valence-corrected chi connectivity index (χ4v) is 3.90. The van der Waals surface area contributed by atoms with Crippen molar-refractivity contribution in [2.75, 3.05) is 6.54 Å². The van der Waals surface area contributed by atoms with Gasteiger partial charge in [0, 0.05) is 31.5 Å². The van der Waals surface area contributed by atoms with Crippen LogP contribution in [-0.4, -0.2) is 26.0 Å². The lowest BCUT2D eigenvalue weighted by Gasteiger charge is -2.34. The lowest BCUT2D eigenvalue weighted by atomic mass is 10.0. The molecule has 1 unspecified atom stereocenters. The molecule has 3 heterocycles. The lowest BCUT2D eigenvalue weighted by molar-refractivity contribution is 0.148. The summed E-state index contributed by atoms with van der Waals surface area (Å²) in [7, 11) is 0.